The second-order valence-corrected chi connectivity index (χ2v) is 9.42. The summed E-state index contributed by atoms with van der Waals surface area (Å²) in [6.07, 6.45) is -1.12. The summed E-state index contributed by atoms with van der Waals surface area (Å²) >= 11 is 4.35. The van der Waals surface area contributed by atoms with Gasteiger partial charge >= 0.3 is 0 Å². The minimum Gasteiger partial charge on any atom is -0.396 e. The fraction of sp³-hybridized carbons (Fsp3) is 0.944. The summed E-state index contributed by atoms with van der Waals surface area (Å²) in [4.78, 5) is 12.8. The molecule has 0 aromatic carbocycles. The van der Waals surface area contributed by atoms with Crippen LogP contribution in [0.15, 0.2) is 0 Å². The third kappa shape index (κ3) is 5.32. The highest BCUT2D eigenvalue weighted by Gasteiger charge is 2.50. The molecule has 0 aromatic rings. The van der Waals surface area contributed by atoms with E-state index in [1.807, 2.05) is 13.8 Å². The zero-order valence-corrected chi connectivity index (χ0v) is 17.1. The lowest BCUT2D eigenvalue weighted by atomic mass is 9.74. The van der Waals surface area contributed by atoms with E-state index in [0.717, 1.165) is 0 Å². The van der Waals surface area contributed by atoms with Crippen LogP contribution in [0.25, 0.3) is 0 Å². The molecule has 1 heterocycles. The number of nitrogens with one attached hydrogen (secondary N) is 1. The quantitative estimate of drug-likeness (QED) is 0.426. The van der Waals surface area contributed by atoms with E-state index in [4.69, 9.17) is 4.74 Å². The van der Waals surface area contributed by atoms with Gasteiger partial charge in [0.25, 0.3) is 0 Å². The molecule has 0 aliphatic carbocycles. The molecule has 1 aliphatic rings. The van der Waals surface area contributed by atoms with Crippen molar-refractivity contribution >= 4 is 18.5 Å². The van der Waals surface area contributed by atoms with Crippen molar-refractivity contribution in [1.29, 1.82) is 0 Å². The Morgan fingerprint density at radius 2 is 1.76 bits per heavy atom. The maximum absolute atomic E-state index is 12.8. The van der Waals surface area contributed by atoms with E-state index in [2.05, 4.69) is 31.8 Å². The molecule has 1 rings (SSSR count). The molecule has 1 aliphatic heterocycles. The van der Waals surface area contributed by atoms with E-state index in [0.29, 0.717) is 12.2 Å². The summed E-state index contributed by atoms with van der Waals surface area (Å²) < 4.78 is 5.85. The van der Waals surface area contributed by atoms with Crippen molar-refractivity contribution < 1.29 is 24.9 Å². The minimum absolute atomic E-state index is 0.113. The van der Waals surface area contributed by atoms with Crippen LogP contribution in [0.1, 0.15) is 48.0 Å². The second kappa shape index (κ2) is 8.13. The van der Waals surface area contributed by atoms with Crippen LogP contribution in [0.3, 0.4) is 0 Å². The zero-order chi connectivity index (χ0) is 19.6. The molecule has 0 aromatic heterocycles. The van der Waals surface area contributed by atoms with Gasteiger partial charge in [0.05, 0.1) is 31.0 Å². The Hall–Kier alpha value is -0.340. The summed E-state index contributed by atoms with van der Waals surface area (Å²) in [6.45, 7) is 10.7. The van der Waals surface area contributed by atoms with Gasteiger partial charge < -0.3 is 25.4 Å². The van der Waals surface area contributed by atoms with Crippen LogP contribution >= 0.6 is 12.6 Å². The minimum atomic E-state index is -1.01. The van der Waals surface area contributed by atoms with Crippen LogP contribution in [-0.4, -0.2) is 64.0 Å². The zero-order valence-electron chi connectivity index (χ0n) is 16.2. The number of aliphatic hydroxyl groups is 3. The Bertz CT molecular complexity index is 466. The highest BCUT2D eigenvalue weighted by molar-refractivity contribution is 7.80. The molecule has 148 valence electrons. The Morgan fingerprint density at radius 1 is 1.20 bits per heavy atom. The fourth-order valence-corrected chi connectivity index (χ4v) is 3.88. The number of hydrogen-bond donors (Lipinski definition) is 5. The van der Waals surface area contributed by atoms with Gasteiger partial charge in [-0.1, -0.05) is 27.7 Å². The van der Waals surface area contributed by atoms with E-state index in [1.54, 1.807) is 13.8 Å². The van der Waals surface area contributed by atoms with Gasteiger partial charge in [-0.15, -0.1) is 0 Å². The van der Waals surface area contributed by atoms with Crippen molar-refractivity contribution in [2.75, 3.05) is 19.0 Å². The van der Waals surface area contributed by atoms with Gasteiger partial charge in [-0.25, -0.2) is 0 Å². The molecule has 4 atom stereocenters. The van der Waals surface area contributed by atoms with Crippen LogP contribution in [0.4, 0.5) is 0 Å². The van der Waals surface area contributed by atoms with E-state index in [-0.39, 0.29) is 24.5 Å². The normalized spacial score (nSPS) is 30.2. The van der Waals surface area contributed by atoms with Crippen LogP contribution < -0.4 is 5.32 Å². The van der Waals surface area contributed by atoms with Gasteiger partial charge in [-0.05, 0) is 31.4 Å². The van der Waals surface area contributed by atoms with Crippen molar-refractivity contribution in [2.45, 2.75) is 71.8 Å². The second-order valence-electron chi connectivity index (χ2n) is 9.10. The summed E-state index contributed by atoms with van der Waals surface area (Å²) in [5, 5.41) is 32.8. The van der Waals surface area contributed by atoms with Crippen LogP contribution in [0.5, 0.6) is 0 Å². The molecule has 4 N–H and O–H groups in total. The largest absolute Gasteiger partial charge is 0.396 e. The van der Waals surface area contributed by atoms with Crippen molar-refractivity contribution in [3.63, 3.8) is 0 Å². The average molecular weight is 378 g/mol. The monoisotopic (exact) mass is 377 g/mol. The van der Waals surface area contributed by atoms with E-state index in [9.17, 15) is 20.1 Å². The number of aliphatic hydroxyl groups excluding tert-OH is 3. The number of hydrogen-bond acceptors (Lipinski definition) is 6. The summed E-state index contributed by atoms with van der Waals surface area (Å²) in [7, 11) is 0. The van der Waals surface area contributed by atoms with Gasteiger partial charge in [0.1, 0.15) is 6.10 Å². The van der Waals surface area contributed by atoms with E-state index >= 15 is 0 Å². The first-order chi connectivity index (χ1) is 11.3. The molecule has 0 bridgehead atoms. The molecule has 0 saturated carbocycles. The first kappa shape index (κ1) is 22.7. The van der Waals surface area contributed by atoms with E-state index in [1.165, 1.54) is 0 Å². The van der Waals surface area contributed by atoms with Crippen molar-refractivity contribution in [1.82, 2.24) is 5.32 Å². The number of carbonyl (C=O) groups is 1. The Balaban J connectivity index is 2.96. The molecule has 25 heavy (non-hydrogen) atoms. The van der Waals surface area contributed by atoms with Gasteiger partial charge in [0, 0.05) is 11.3 Å². The highest BCUT2D eigenvalue weighted by atomic mass is 32.1. The van der Waals surface area contributed by atoms with Crippen molar-refractivity contribution in [3.05, 3.63) is 0 Å². The third-order valence-corrected chi connectivity index (χ3v) is 6.02. The average Bonchev–Trinajstić information content (AvgIpc) is 2.48. The number of amides is 1. The maximum Gasteiger partial charge on any atom is 0.226 e. The van der Waals surface area contributed by atoms with E-state index < -0.39 is 35.2 Å². The molecular weight excluding hydrogens is 342 g/mol. The number of rotatable bonds is 7. The molecule has 0 unspecified atom stereocenters. The summed E-state index contributed by atoms with van der Waals surface area (Å²) in [5.74, 6) is -0.124. The summed E-state index contributed by atoms with van der Waals surface area (Å²) in [5.41, 5.74) is -1.59. The number of ether oxygens (including phenoxy) is 1. The van der Waals surface area contributed by atoms with Gasteiger partial charge in [0.15, 0.2) is 0 Å². The van der Waals surface area contributed by atoms with Gasteiger partial charge in [-0.3, -0.25) is 4.79 Å². The SMILES string of the molecule is CC(C)(CS)CC(C)(C)C(=O)N[C@H]1[C@H](O)[C@@H](CO)C(C)(C)O[C@@H]1CO. The maximum atomic E-state index is 12.8. The lowest BCUT2D eigenvalue weighted by Crippen LogP contribution is -2.66. The lowest BCUT2D eigenvalue weighted by molar-refractivity contribution is -0.216. The number of thiol groups is 1. The topological polar surface area (TPSA) is 99.0 Å². The molecule has 6 nitrogen and oxygen atoms in total. The predicted octanol–water partition coefficient (Wildman–Crippen LogP) is 0.983. The standard InChI is InChI=1S/C18H35NO5S/c1-16(2,10-25)9-17(3,4)15(23)19-13-12(8-21)24-18(5,6)11(7-20)14(13)22/h11-14,20-22,25H,7-10H2,1-6H3,(H,19,23)/t11-,12-,13-,14-/m1/s1. The lowest BCUT2D eigenvalue weighted by Gasteiger charge is -2.49. The van der Waals surface area contributed by atoms with Crippen LogP contribution in [0, 0.1) is 16.7 Å². The first-order valence-corrected chi connectivity index (χ1v) is 9.44. The molecule has 7 heteroatoms. The highest BCUT2D eigenvalue weighted by Crippen LogP contribution is 2.37. The molecule has 1 saturated heterocycles. The molecule has 1 fully saturated rings. The summed E-state index contributed by atoms with van der Waals surface area (Å²) in [6, 6.07) is -0.777. The molecule has 0 radical (unpaired) electrons. The van der Waals surface area contributed by atoms with Gasteiger partial charge in [0.2, 0.25) is 5.91 Å². The Labute approximate surface area is 156 Å². The third-order valence-electron chi connectivity index (χ3n) is 5.17. The fourth-order valence-electron chi connectivity index (χ4n) is 3.77. The van der Waals surface area contributed by atoms with Crippen molar-refractivity contribution in [3.8, 4) is 0 Å². The van der Waals surface area contributed by atoms with Crippen LogP contribution in [-0.2, 0) is 9.53 Å². The number of carbonyl (C=O) groups excluding carboxylic acids is 1. The first-order valence-electron chi connectivity index (χ1n) is 8.81. The molecule has 0 spiro atoms. The smallest absolute Gasteiger partial charge is 0.226 e. The molecular formula is C18H35NO5S. The Kier molecular flexibility index (Phi) is 7.38. The molecule has 1 amide bonds. The Morgan fingerprint density at radius 3 is 2.20 bits per heavy atom. The van der Waals surface area contributed by atoms with Crippen LogP contribution in [0.2, 0.25) is 0 Å². The predicted molar refractivity (Wildman–Crippen MR) is 101 cm³/mol. The van der Waals surface area contributed by atoms with Crippen molar-refractivity contribution in [2.24, 2.45) is 16.7 Å². The van der Waals surface area contributed by atoms with Gasteiger partial charge in [-0.2, -0.15) is 12.6 Å².